The highest BCUT2D eigenvalue weighted by atomic mass is 35.5. The Kier molecular flexibility index (Phi) is 5.24. The monoisotopic (exact) mass is 337 g/mol. The van der Waals surface area contributed by atoms with Crippen molar-refractivity contribution in [1.82, 2.24) is 0 Å². The third-order valence-corrected chi connectivity index (χ3v) is 4.01. The van der Waals surface area contributed by atoms with Gasteiger partial charge in [0.1, 0.15) is 0 Å². The van der Waals surface area contributed by atoms with Crippen molar-refractivity contribution in [3.8, 4) is 0 Å². The van der Waals surface area contributed by atoms with Crippen molar-refractivity contribution in [3.05, 3.63) is 95.3 Å². The number of nitrogens with one attached hydrogen (secondary N) is 1. The normalized spacial score (nSPS) is 10.4. The zero-order chi connectivity index (χ0) is 16.8. The summed E-state index contributed by atoms with van der Waals surface area (Å²) in [6, 6.07) is 21.6. The minimum atomic E-state index is -0.107. The van der Waals surface area contributed by atoms with Gasteiger partial charge < -0.3 is 5.32 Å². The summed E-state index contributed by atoms with van der Waals surface area (Å²) in [5.41, 5.74) is 3.11. The molecule has 4 heteroatoms. The number of rotatable bonds is 5. The van der Waals surface area contributed by atoms with Gasteiger partial charge in [-0.15, -0.1) is 0 Å². The summed E-state index contributed by atoms with van der Waals surface area (Å²) in [6.45, 7) is 0.247. The van der Waals surface area contributed by atoms with Crippen molar-refractivity contribution in [2.75, 3.05) is 5.32 Å². The predicted molar refractivity (Wildman–Crippen MR) is 96.0 cm³/mol. The highest BCUT2D eigenvalue weighted by molar-refractivity contribution is 6.33. The number of para-hydroxylation sites is 1. The van der Waals surface area contributed by atoms with E-state index in [9.17, 15) is 4.79 Å². The first-order valence-corrected chi connectivity index (χ1v) is 8.15. The van der Waals surface area contributed by atoms with Crippen molar-refractivity contribution >= 4 is 23.2 Å². The molecule has 0 fully saturated rings. The van der Waals surface area contributed by atoms with Gasteiger partial charge in [-0.2, -0.15) is 4.57 Å². The number of amides is 1. The summed E-state index contributed by atoms with van der Waals surface area (Å²) >= 11 is 6.05. The molecule has 0 saturated carbocycles. The van der Waals surface area contributed by atoms with Gasteiger partial charge in [0, 0.05) is 12.1 Å². The molecule has 0 unspecified atom stereocenters. The van der Waals surface area contributed by atoms with Gasteiger partial charge in [-0.1, -0.05) is 54.1 Å². The Morgan fingerprint density at radius 1 is 0.875 bits per heavy atom. The second-order valence-corrected chi connectivity index (χ2v) is 5.98. The summed E-state index contributed by atoms with van der Waals surface area (Å²) in [5, 5.41) is 3.36. The Labute approximate surface area is 146 Å². The highest BCUT2D eigenvalue weighted by Gasteiger charge is 2.11. The number of carbonyl (C=O) groups excluding carboxylic acids is 1. The molecule has 0 aliphatic rings. The number of aromatic nitrogens is 1. The lowest BCUT2D eigenvalue weighted by molar-refractivity contribution is -0.684. The molecule has 3 aromatic rings. The average molecular weight is 338 g/mol. The number of pyridine rings is 1. The van der Waals surface area contributed by atoms with E-state index in [1.54, 1.807) is 12.1 Å². The standard InChI is InChI=1S/C20H17ClN2O/c21-18-8-4-5-9-19(18)22-20(24)15-23-12-10-17(11-13-23)14-16-6-2-1-3-7-16/h1-13H,14-15H2/p+1. The second-order valence-electron chi connectivity index (χ2n) is 5.57. The van der Waals surface area contributed by atoms with E-state index >= 15 is 0 Å². The zero-order valence-corrected chi connectivity index (χ0v) is 13.9. The van der Waals surface area contributed by atoms with Crippen molar-refractivity contribution in [2.45, 2.75) is 13.0 Å². The molecule has 0 aliphatic carbocycles. The van der Waals surface area contributed by atoms with Crippen molar-refractivity contribution in [3.63, 3.8) is 0 Å². The summed E-state index contributed by atoms with van der Waals surface area (Å²) in [5.74, 6) is -0.107. The van der Waals surface area contributed by atoms with Gasteiger partial charge in [0.25, 0.3) is 5.91 Å². The molecule has 3 rings (SSSR count). The second kappa shape index (κ2) is 7.75. The number of halogens is 1. The van der Waals surface area contributed by atoms with Gasteiger partial charge in [0.15, 0.2) is 12.4 Å². The van der Waals surface area contributed by atoms with Gasteiger partial charge in [0.2, 0.25) is 6.54 Å². The van der Waals surface area contributed by atoms with E-state index in [-0.39, 0.29) is 12.5 Å². The largest absolute Gasteiger partial charge is 0.319 e. The van der Waals surface area contributed by atoms with E-state index < -0.39 is 0 Å². The van der Waals surface area contributed by atoms with Crippen LogP contribution in [0.15, 0.2) is 79.1 Å². The molecular weight excluding hydrogens is 320 g/mol. The Morgan fingerprint density at radius 2 is 1.50 bits per heavy atom. The lowest BCUT2D eigenvalue weighted by Gasteiger charge is -2.05. The molecule has 3 nitrogen and oxygen atoms in total. The number of carbonyl (C=O) groups is 1. The van der Waals surface area contributed by atoms with Crippen LogP contribution in [-0.4, -0.2) is 5.91 Å². The first-order valence-electron chi connectivity index (χ1n) is 7.77. The van der Waals surface area contributed by atoms with E-state index in [4.69, 9.17) is 11.6 Å². The maximum Gasteiger partial charge on any atom is 0.290 e. The van der Waals surface area contributed by atoms with Gasteiger partial charge in [0.05, 0.1) is 10.7 Å². The van der Waals surface area contributed by atoms with Gasteiger partial charge in [-0.25, -0.2) is 0 Å². The van der Waals surface area contributed by atoms with Crippen LogP contribution in [-0.2, 0) is 17.8 Å². The zero-order valence-electron chi connectivity index (χ0n) is 13.2. The molecule has 1 aromatic heterocycles. The van der Waals surface area contributed by atoms with E-state index in [0.717, 1.165) is 6.42 Å². The maximum absolute atomic E-state index is 12.1. The molecule has 120 valence electrons. The lowest BCUT2D eigenvalue weighted by atomic mass is 10.1. The van der Waals surface area contributed by atoms with E-state index in [0.29, 0.717) is 10.7 Å². The van der Waals surface area contributed by atoms with Crippen molar-refractivity contribution in [1.29, 1.82) is 0 Å². The molecule has 0 radical (unpaired) electrons. The van der Waals surface area contributed by atoms with Crippen LogP contribution >= 0.6 is 11.6 Å². The van der Waals surface area contributed by atoms with Crippen LogP contribution in [0.25, 0.3) is 0 Å². The van der Waals surface area contributed by atoms with E-state index in [2.05, 4.69) is 17.4 Å². The molecule has 0 bridgehead atoms. The van der Waals surface area contributed by atoms with E-state index in [1.165, 1.54) is 11.1 Å². The molecule has 1 N–H and O–H groups in total. The molecule has 0 spiro atoms. The quantitative estimate of drug-likeness (QED) is 0.705. The van der Waals surface area contributed by atoms with Crippen LogP contribution in [0.2, 0.25) is 5.02 Å². The molecule has 2 aromatic carbocycles. The van der Waals surface area contributed by atoms with Crippen molar-refractivity contribution < 1.29 is 9.36 Å². The summed E-state index contributed by atoms with van der Waals surface area (Å²) < 4.78 is 1.85. The van der Waals surface area contributed by atoms with Crippen LogP contribution in [0.1, 0.15) is 11.1 Å². The van der Waals surface area contributed by atoms with Gasteiger partial charge >= 0.3 is 0 Å². The Morgan fingerprint density at radius 3 is 2.21 bits per heavy atom. The third-order valence-electron chi connectivity index (χ3n) is 3.69. The Hall–Kier alpha value is -2.65. The Balaban J connectivity index is 1.60. The van der Waals surface area contributed by atoms with Crippen LogP contribution < -0.4 is 9.88 Å². The number of nitrogens with zero attached hydrogens (tertiary/aromatic N) is 1. The smallest absolute Gasteiger partial charge is 0.290 e. The van der Waals surface area contributed by atoms with Crippen LogP contribution in [0.5, 0.6) is 0 Å². The fraction of sp³-hybridized carbons (Fsp3) is 0.100. The number of hydrogen-bond donors (Lipinski definition) is 1. The van der Waals surface area contributed by atoms with Crippen LogP contribution in [0.4, 0.5) is 5.69 Å². The summed E-state index contributed by atoms with van der Waals surface area (Å²) in [4.78, 5) is 12.1. The average Bonchev–Trinajstić information content (AvgIpc) is 2.60. The molecule has 0 aliphatic heterocycles. The fourth-order valence-corrected chi connectivity index (χ4v) is 2.64. The lowest BCUT2D eigenvalue weighted by Crippen LogP contribution is -2.39. The topological polar surface area (TPSA) is 33.0 Å². The number of benzene rings is 2. The molecule has 24 heavy (non-hydrogen) atoms. The minimum Gasteiger partial charge on any atom is -0.319 e. The molecule has 1 heterocycles. The molecule has 0 saturated heterocycles. The predicted octanol–water partition coefficient (Wildman–Crippen LogP) is 3.86. The number of anilines is 1. The van der Waals surface area contributed by atoms with E-state index in [1.807, 2.05) is 59.4 Å². The molecule has 1 amide bonds. The summed E-state index contributed by atoms with van der Waals surface area (Å²) in [6.07, 6.45) is 4.72. The Bertz CT molecular complexity index is 817. The van der Waals surface area contributed by atoms with Crippen molar-refractivity contribution in [2.24, 2.45) is 0 Å². The third kappa shape index (κ3) is 4.43. The maximum atomic E-state index is 12.1. The SMILES string of the molecule is O=C(C[n+]1ccc(Cc2ccccc2)cc1)Nc1ccccc1Cl. The first kappa shape index (κ1) is 16.2. The number of hydrogen-bond acceptors (Lipinski definition) is 1. The highest BCUT2D eigenvalue weighted by Crippen LogP contribution is 2.20. The van der Waals surface area contributed by atoms with Gasteiger partial charge in [-0.05, 0) is 29.7 Å². The fourth-order valence-electron chi connectivity index (χ4n) is 2.46. The van der Waals surface area contributed by atoms with Gasteiger partial charge in [-0.3, -0.25) is 4.79 Å². The first-order chi connectivity index (χ1) is 11.7. The molecule has 0 atom stereocenters. The van der Waals surface area contributed by atoms with Crippen LogP contribution in [0.3, 0.4) is 0 Å². The molecular formula is C20H18ClN2O+. The summed E-state index contributed by atoms with van der Waals surface area (Å²) in [7, 11) is 0. The van der Waals surface area contributed by atoms with Crippen LogP contribution in [0, 0.1) is 0 Å². The minimum absolute atomic E-state index is 0.107.